The summed E-state index contributed by atoms with van der Waals surface area (Å²) in [6, 6.07) is 0.305. The molecular formula is C7H10ClN3O. The van der Waals surface area contributed by atoms with Gasteiger partial charge in [0, 0.05) is 12.8 Å². The standard InChI is InChI=1S/C7H10ClN3O/c8-6-3-11(10-7(6)9)5-1-2-12-4-5/h3,5H,1-2,4H2,(H2,9,10). The lowest BCUT2D eigenvalue weighted by molar-refractivity contribution is 0.184. The molecule has 2 N–H and O–H groups in total. The van der Waals surface area contributed by atoms with E-state index in [1.54, 1.807) is 10.9 Å². The SMILES string of the molecule is Nc1nn(C2CCOC2)cc1Cl. The number of anilines is 1. The quantitative estimate of drug-likeness (QED) is 0.716. The molecule has 2 heterocycles. The minimum absolute atomic E-state index is 0.305. The molecule has 66 valence electrons. The largest absolute Gasteiger partial charge is 0.381 e. The molecule has 0 bridgehead atoms. The van der Waals surface area contributed by atoms with E-state index in [1.807, 2.05) is 0 Å². The van der Waals surface area contributed by atoms with Gasteiger partial charge in [0.2, 0.25) is 0 Å². The zero-order valence-corrected chi connectivity index (χ0v) is 7.29. The van der Waals surface area contributed by atoms with Crippen molar-refractivity contribution in [3.05, 3.63) is 11.2 Å². The van der Waals surface area contributed by atoms with Crippen molar-refractivity contribution in [2.75, 3.05) is 18.9 Å². The molecule has 1 atom stereocenters. The van der Waals surface area contributed by atoms with Gasteiger partial charge < -0.3 is 10.5 Å². The predicted molar refractivity (Wildman–Crippen MR) is 46.1 cm³/mol. The van der Waals surface area contributed by atoms with Crippen LogP contribution in [-0.2, 0) is 4.74 Å². The highest BCUT2D eigenvalue weighted by Crippen LogP contribution is 2.23. The molecule has 0 amide bonds. The van der Waals surface area contributed by atoms with Crippen molar-refractivity contribution in [1.82, 2.24) is 9.78 Å². The minimum atomic E-state index is 0.305. The molecule has 0 radical (unpaired) electrons. The van der Waals surface area contributed by atoms with Gasteiger partial charge in [-0.15, -0.1) is 0 Å². The Labute approximate surface area is 75.2 Å². The van der Waals surface area contributed by atoms with Crippen molar-refractivity contribution in [2.24, 2.45) is 0 Å². The van der Waals surface area contributed by atoms with Crippen molar-refractivity contribution < 1.29 is 4.74 Å². The van der Waals surface area contributed by atoms with Crippen molar-refractivity contribution in [3.8, 4) is 0 Å². The second-order valence-corrected chi connectivity index (χ2v) is 3.27. The third-order valence-corrected chi connectivity index (χ3v) is 2.28. The summed E-state index contributed by atoms with van der Waals surface area (Å²) in [5.41, 5.74) is 5.50. The van der Waals surface area contributed by atoms with Crippen LogP contribution in [-0.4, -0.2) is 23.0 Å². The summed E-state index contributed by atoms with van der Waals surface area (Å²) in [5.74, 6) is 0.392. The lowest BCUT2D eigenvalue weighted by Crippen LogP contribution is -2.09. The first-order valence-electron chi connectivity index (χ1n) is 3.85. The first-order valence-corrected chi connectivity index (χ1v) is 4.23. The van der Waals surface area contributed by atoms with Gasteiger partial charge in [-0.1, -0.05) is 11.6 Å². The Morgan fingerprint density at radius 2 is 2.58 bits per heavy atom. The fourth-order valence-corrected chi connectivity index (χ4v) is 1.44. The Balaban J connectivity index is 2.21. The average molecular weight is 188 g/mol. The van der Waals surface area contributed by atoms with Gasteiger partial charge in [-0.05, 0) is 6.42 Å². The number of hydrogen-bond acceptors (Lipinski definition) is 3. The van der Waals surface area contributed by atoms with Gasteiger partial charge in [0.1, 0.15) is 5.02 Å². The summed E-state index contributed by atoms with van der Waals surface area (Å²) >= 11 is 5.76. The molecule has 4 nitrogen and oxygen atoms in total. The summed E-state index contributed by atoms with van der Waals surface area (Å²) in [7, 11) is 0. The molecule has 0 aliphatic carbocycles. The van der Waals surface area contributed by atoms with E-state index < -0.39 is 0 Å². The van der Waals surface area contributed by atoms with E-state index in [1.165, 1.54) is 0 Å². The average Bonchev–Trinajstić information content (AvgIpc) is 2.61. The van der Waals surface area contributed by atoms with Gasteiger partial charge in [0.15, 0.2) is 5.82 Å². The van der Waals surface area contributed by atoms with Crippen molar-refractivity contribution in [2.45, 2.75) is 12.5 Å². The maximum atomic E-state index is 5.76. The third-order valence-electron chi connectivity index (χ3n) is 1.99. The van der Waals surface area contributed by atoms with E-state index in [4.69, 9.17) is 22.1 Å². The molecule has 0 spiro atoms. The molecule has 12 heavy (non-hydrogen) atoms. The Hall–Kier alpha value is -0.740. The van der Waals surface area contributed by atoms with E-state index in [0.29, 0.717) is 23.5 Å². The van der Waals surface area contributed by atoms with Crippen LogP contribution in [0.25, 0.3) is 0 Å². The number of aromatic nitrogens is 2. The molecule has 0 saturated carbocycles. The van der Waals surface area contributed by atoms with Crippen molar-refractivity contribution in [3.63, 3.8) is 0 Å². The van der Waals surface area contributed by atoms with Gasteiger partial charge in [-0.2, -0.15) is 5.10 Å². The topological polar surface area (TPSA) is 53.1 Å². The first kappa shape index (κ1) is 7.89. The fraction of sp³-hybridized carbons (Fsp3) is 0.571. The van der Waals surface area contributed by atoms with Crippen LogP contribution < -0.4 is 5.73 Å². The van der Waals surface area contributed by atoms with E-state index in [9.17, 15) is 0 Å². The van der Waals surface area contributed by atoms with Crippen LogP contribution in [0, 0.1) is 0 Å². The fourth-order valence-electron chi connectivity index (χ4n) is 1.30. The Bertz CT molecular complexity index is 261. The van der Waals surface area contributed by atoms with Gasteiger partial charge in [0.05, 0.1) is 12.6 Å². The summed E-state index contributed by atoms with van der Waals surface area (Å²) in [6.07, 6.45) is 2.73. The molecule has 0 aromatic carbocycles. The Kier molecular flexibility index (Phi) is 1.94. The Morgan fingerprint density at radius 1 is 1.75 bits per heavy atom. The van der Waals surface area contributed by atoms with E-state index in [0.717, 1.165) is 13.0 Å². The molecule has 1 unspecified atom stereocenters. The van der Waals surface area contributed by atoms with Crippen LogP contribution in [0.4, 0.5) is 5.82 Å². The molecular weight excluding hydrogens is 178 g/mol. The number of nitrogens with zero attached hydrogens (tertiary/aromatic N) is 2. The second-order valence-electron chi connectivity index (χ2n) is 2.86. The first-order chi connectivity index (χ1) is 5.77. The number of rotatable bonds is 1. The van der Waals surface area contributed by atoms with Crippen LogP contribution >= 0.6 is 11.6 Å². The third kappa shape index (κ3) is 1.28. The predicted octanol–water partition coefficient (Wildman–Crippen LogP) is 1.08. The molecule has 1 aliphatic rings. The number of ether oxygens (including phenoxy) is 1. The molecule has 1 aromatic heterocycles. The molecule has 5 heteroatoms. The zero-order valence-electron chi connectivity index (χ0n) is 6.53. The monoisotopic (exact) mass is 187 g/mol. The highest BCUT2D eigenvalue weighted by molar-refractivity contribution is 6.32. The summed E-state index contributed by atoms with van der Waals surface area (Å²) in [4.78, 5) is 0. The van der Waals surface area contributed by atoms with Crippen LogP contribution in [0.1, 0.15) is 12.5 Å². The smallest absolute Gasteiger partial charge is 0.164 e. The molecule has 2 rings (SSSR count). The molecule has 1 aliphatic heterocycles. The number of nitrogens with two attached hydrogens (primary N) is 1. The maximum Gasteiger partial charge on any atom is 0.164 e. The molecule has 1 aromatic rings. The van der Waals surface area contributed by atoms with Gasteiger partial charge in [0.25, 0.3) is 0 Å². The highest BCUT2D eigenvalue weighted by Gasteiger charge is 2.19. The zero-order chi connectivity index (χ0) is 8.55. The van der Waals surface area contributed by atoms with Gasteiger partial charge >= 0.3 is 0 Å². The Morgan fingerprint density at radius 3 is 3.08 bits per heavy atom. The molecule has 1 fully saturated rings. The lowest BCUT2D eigenvalue weighted by Gasteiger charge is -2.06. The van der Waals surface area contributed by atoms with Crippen LogP contribution in [0.15, 0.2) is 6.20 Å². The van der Waals surface area contributed by atoms with Gasteiger partial charge in [-0.3, -0.25) is 4.68 Å². The summed E-state index contributed by atoms with van der Waals surface area (Å²) in [5, 5.41) is 4.59. The maximum absolute atomic E-state index is 5.76. The van der Waals surface area contributed by atoms with Crippen LogP contribution in [0.5, 0.6) is 0 Å². The number of nitrogen functional groups attached to an aromatic ring is 1. The van der Waals surface area contributed by atoms with E-state index in [-0.39, 0.29) is 0 Å². The number of hydrogen-bond donors (Lipinski definition) is 1. The second kappa shape index (κ2) is 2.95. The van der Waals surface area contributed by atoms with E-state index in [2.05, 4.69) is 5.10 Å². The van der Waals surface area contributed by atoms with Crippen molar-refractivity contribution in [1.29, 1.82) is 0 Å². The van der Waals surface area contributed by atoms with Gasteiger partial charge in [-0.25, -0.2) is 0 Å². The lowest BCUT2D eigenvalue weighted by atomic mass is 10.3. The van der Waals surface area contributed by atoms with Crippen molar-refractivity contribution >= 4 is 17.4 Å². The summed E-state index contributed by atoms with van der Waals surface area (Å²) < 4.78 is 7.00. The number of halogens is 1. The summed E-state index contributed by atoms with van der Waals surface area (Å²) in [6.45, 7) is 1.50. The minimum Gasteiger partial charge on any atom is -0.381 e. The van der Waals surface area contributed by atoms with Crippen LogP contribution in [0.3, 0.4) is 0 Å². The van der Waals surface area contributed by atoms with E-state index >= 15 is 0 Å². The van der Waals surface area contributed by atoms with Crippen LogP contribution in [0.2, 0.25) is 5.02 Å². The molecule has 1 saturated heterocycles. The highest BCUT2D eigenvalue weighted by atomic mass is 35.5. The normalized spacial score (nSPS) is 23.2.